The minimum Gasteiger partial charge on any atom is -0.315 e. The molecule has 15 heavy (non-hydrogen) atoms. The maximum absolute atomic E-state index is 4.67. The fourth-order valence-electron chi connectivity index (χ4n) is 1.98. The van der Waals surface area contributed by atoms with Crippen LogP contribution in [0.15, 0.2) is 21.8 Å². The molecule has 3 nitrogen and oxygen atoms in total. The van der Waals surface area contributed by atoms with E-state index >= 15 is 0 Å². The van der Waals surface area contributed by atoms with Crippen LogP contribution in [0.1, 0.15) is 27.7 Å². The van der Waals surface area contributed by atoms with Gasteiger partial charge in [0.1, 0.15) is 0 Å². The molecule has 0 radical (unpaired) electrons. The van der Waals surface area contributed by atoms with Gasteiger partial charge in [-0.2, -0.15) is 0 Å². The summed E-state index contributed by atoms with van der Waals surface area (Å²) in [6.07, 6.45) is 2.23. The molecular formula is C12H19N3. The molecule has 0 saturated carbocycles. The topological polar surface area (TPSA) is 28.0 Å². The van der Waals surface area contributed by atoms with E-state index in [2.05, 4.69) is 48.8 Å². The van der Waals surface area contributed by atoms with E-state index in [1.165, 1.54) is 11.3 Å². The summed E-state index contributed by atoms with van der Waals surface area (Å²) in [6.45, 7) is 10.7. The van der Waals surface area contributed by atoms with Crippen LogP contribution >= 0.6 is 0 Å². The molecule has 0 fully saturated rings. The van der Waals surface area contributed by atoms with E-state index < -0.39 is 0 Å². The van der Waals surface area contributed by atoms with Gasteiger partial charge in [-0.05, 0) is 17.4 Å². The molecule has 2 rings (SSSR count). The van der Waals surface area contributed by atoms with Gasteiger partial charge in [-0.15, -0.1) is 0 Å². The van der Waals surface area contributed by atoms with Crippen molar-refractivity contribution in [1.29, 1.82) is 0 Å². The Kier molecular flexibility index (Phi) is 2.63. The van der Waals surface area contributed by atoms with E-state index in [0.717, 1.165) is 19.0 Å². The van der Waals surface area contributed by atoms with Gasteiger partial charge < -0.3 is 4.90 Å². The van der Waals surface area contributed by atoms with E-state index in [9.17, 15) is 0 Å². The van der Waals surface area contributed by atoms with Gasteiger partial charge in [0.2, 0.25) is 5.96 Å². The Morgan fingerprint density at radius 2 is 1.93 bits per heavy atom. The number of hydrogen-bond acceptors (Lipinski definition) is 3. The van der Waals surface area contributed by atoms with Crippen LogP contribution in [0.5, 0.6) is 0 Å². The van der Waals surface area contributed by atoms with E-state index in [1.54, 1.807) is 0 Å². The highest BCUT2D eigenvalue weighted by Crippen LogP contribution is 2.23. The number of allylic oxidation sites excluding steroid dienone is 1. The molecule has 3 heteroatoms. The van der Waals surface area contributed by atoms with Crippen molar-refractivity contribution in [3.8, 4) is 0 Å². The zero-order valence-corrected chi connectivity index (χ0v) is 9.99. The molecule has 0 atom stereocenters. The first-order valence-electron chi connectivity index (χ1n) is 5.71. The van der Waals surface area contributed by atoms with Gasteiger partial charge in [-0.1, -0.05) is 27.7 Å². The second kappa shape index (κ2) is 3.80. The lowest BCUT2D eigenvalue weighted by atomic mass is 9.91. The third-order valence-electron chi connectivity index (χ3n) is 2.83. The first-order chi connectivity index (χ1) is 7.09. The van der Waals surface area contributed by atoms with Crippen LogP contribution in [0.25, 0.3) is 0 Å². The van der Waals surface area contributed by atoms with E-state index in [0.29, 0.717) is 11.8 Å². The molecule has 0 aromatic carbocycles. The summed E-state index contributed by atoms with van der Waals surface area (Å²) in [5.74, 6) is 1.92. The third kappa shape index (κ3) is 1.83. The predicted molar refractivity (Wildman–Crippen MR) is 64.2 cm³/mol. The predicted octanol–water partition coefficient (Wildman–Crippen LogP) is 2.31. The Morgan fingerprint density at radius 1 is 1.20 bits per heavy atom. The van der Waals surface area contributed by atoms with Gasteiger partial charge in [0.05, 0.1) is 12.3 Å². The normalized spacial score (nSPS) is 20.4. The number of nitrogens with zero attached hydrogens (tertiary/aromatic N) is 3. The second-order valence-corrected chi connectivity index (χ2v) is 4.77. The van der Waals surface area contributed by atoms with Gasteiger partial charge in [0.25, 0.3) is 0 Å². The monoisotopic (exact) mass is 205 g/mol. The SMILES string of the molecule is CC(C)C1=CN2CCN=C2N=C1C(C)C. The Bertz CT molecular complexity index is 348. The zero-order chi connectivity index (χ0) is 11.0. The smallest absolute Gasteiger partial charge is 0.225 e. The first kappa shape index (κ1) is 10.4. The maximum atomic E-state index is 4.67. The molecule has 2 aliphatic rings. The number of aliphatic imine (C=N–C) groups is 2. The van der Waals surface area contributed by atoms with Crippen LogP contribution in [-0.4, -0.2) is 29.7 Å². The van der Waals surface area contributed by atoms with Crippen molar-refractivity contribution in [3.63, 3.8) is 0 Å². The summed E-state index contributed by atoms with van der Waals surface area (Å²) in [5, 5.41) is 0. The summed E-state index contributed by atoms with van der Waals surface area (Å²) in [4.78, 5) is 11.2. The van der Waals surface area contributed by atoms with Gasteiger partial charge in [-0.25, -0.2) is 9.98 Å². The first-order valence-corrected chi connectivity index (χ1v) is 5.71. The van der Waals surface area contributed by atoms with Crippen molar-refractivity contribution in [1.82, 2.24) is 4.90 Å². The highest BCUT2D eigenvalue weighted by Gasteiger charge is 2.25. The Labute approximate surface area is 91.6 Å². The molecule has 0 amide bonds. The fourth-order valence-corrected chi connectivity index (χ4v) is 1.98. The number of fused-ring (bicyclic) bond motifs is 1. The Hall–Kier alpha value is -1.12. The number of guanidine groups is 1. The molecule has 0 aromatic heterocycles. The van der Waals surface area contributed by atoms with Gasteiger partial charge in [0, 0.05) is 12.7 Å². The molecule has 0 N–H and O–H groups in total. The largest absolute Gasteiger partial charge is 0.315 e. The van der Waals surface area contributed by atoms with Crippen LogP contribution in [0, 0.1) is 11.8 Å². The van der Waals surface area contributed by atoms with Crippen molar-refractivity contribution < 1.29 is 0 Å². The average Bonchev–Trinajstić information content (AvgIpc) is 2.61. The van der Waals surface area contributed by atoms with Gasteiger partial charge in [-0.3, -0.25) is 0 Å². The van der Waals surface area contributed by atoms with Crippen LogP contribution in [0.3, 0.4) is 0 Å². The van der Waals surface area contributed by atoms with Gasteiger partial charge >= 0.3 is 0 Å². The quantitative estimate of drug-likeness (QED) is 0.680. The minimum atomic E-state index is 0.476. The highest BCUT2D eigenvalue weighted by atomic mass is 15.3. The summed E-state index contributed by atoms with van der Waals surface area (Å²) in [6, 6.07) is 0. The molecule has 0 aliphatic carbocycles. The van der Waals surface area contributed by atoms with Crippen molar-refractivity contribution >= 4 is 11.7 Å². The lowest BCUT2D eigenvalue weighted by Crippen LogP contribution is -2.31. The van der Waals surface area contributed by atoms with Crippen LogP contribution in [0.4, 0.5) is 0 Å². The fraction of sp³-hybridized carbons (Fsp3) is 0.667. The molecule has 2 heterocycles. The summed E-state index contributed by atoms with van der Waals surface area (Å²) in [5.41, 5.74) is 2.58. The number of hydrogen-bond donors (Lipinski definition) is 0. The van der Waals surface area contributed by atoms with Crippen LogP contribution in [-0.2, 0) is 0 Å². The molecule has 0 saturated heterocycles. The van der Waals surface area contributed by atoms with Crippen molar-refractivity contribution in [2.45, 2.75) is 27.7 Å². The Morgan fingerprint density at radius 3 is 2.53 bits per heavy atom. The zero-order valence-electron chi connectivity index (χ0n) is 9.99. The molecule has 0 bridgehead atoms. The standard InChI is InChI=1S/C12H19N3/c1-8(2)10-7-15-6-5-13-12(15)14-11(10)9(3)4/h7-9H,5-6H2,1-4H3. The lowest BCUT2D eigenvalue weighted by Gasteiger charge is -2.26. The summed E-state index contributed by atoms with van der Waals surface area (Å²) < 4.78 is 0. The average molecular weight is 205 g/mol. The van der Waals surface area contributed by atoms with E-state index in [4.69, 9.17) is 0 Å². The van der Waals surface area contributed by atoms with E-state index in [1.807, 2.05) is 0 Å². The second-order valence-electron chi connectivity index (χ2n) is 4.77. The van der Waals surface area contributed by atoms with Crippen molar-refractivity contribution in [3.05, 3.63) is 11.8 Å². The van der Waals surface area contributed by atoms with Crippen molar-refractivity contribution in [2.24, 2.45) is 21.8 Å². The minimum absolute atomic E-state index is 0.476. The van der Waals surface area contributed by atoms with Crippen molar-refractivity contribution in [2.75, 3.05) is 13.1 Å². The molecule has 0 aromatic rings. The molecular weight excluding hydrogens is 186 g/mol. The summed E-state index contributed by atoms with van der Waals surface area (Å²) >= 11 is 0. The van der Waals surface area contributed by atoms with Crippen LogP contribution in [0.2, 0.25) is 0 Å². The molecule has 0 unspecified atom stereocenters. The molecule has 2 aliphatic heterocycles. The third-order valence-corrected chi connectivity index (χ3v) is 2.83. The number of rotatable bonds is 2. The maximum Gasteiger partial charge on any atom is 0.225 e. The Balaban J connectivity index is 2.37. The van der Waals surface area contributed by atoms with Gasteiger partial charge in [0.15, 0.2) is 0 Å². The van der Waals surface area contributed by atoms with E-state index in [-0.39, 0.29) is 0 Å². The van der Waals surface area contributed by atoms with Crippen LogP contribution < -0.4 is 0 Å². The molecule has 0 spiro atoms. The summed E-state index contributed by atoms with van der Waals surface area (Å²) in [7, 11) is 0. The molecule has 82 valence electrons. The highest BCUT2D eigenvalue weighted by molar-refractivity contribution is 6.10. The lowest BCUT2D eigenvalue weighted by molar-refractivity contribution is 0.583.